The topological polar surface area (TPSA) is 94.0 Å². The van der Waals surface area contributed by atoms with Crippen molar-refractivity contribution in [2.24, 2.45) is 0 Å². The van der Waals surface area contributed by atoms with Gasteiger partial charge in [-0.2, -0.15) is 4.98 Å². The molecule has 0 aliphatic carbocycles. The summed E-state index contributed by atoms with van der Waals surface area (Å²) in [5, 5.41) is 8.09. The molecule has 0 saturated heterocycles. The first kappa shape index (κ1) is 10.6. The van der Waals surface area contributed by atoms with Gasteiger partial charge in [-0.05, 0) is 11.4 Å². The SMILES string of the molecule is Cc1nc(CNC(=O)c2sccc2N)no1. The normalized spacial score (nSPS) is 10.3. The first-order chi connectivity index (χ1) is 7.66. The van der Waals surface area contributed by atoms with Crippen LogP contribution in [0.2, 0.25) is 0 Å². The van der Waals surface area contributed by atoms with E-state index in [0.717, 1.165) is 0 Å². The summed E-state index contributed by atoms with van der Waals surface area (Å²) < 4.78 is 4.78. The highest BCUT2D eigenvalue weighted by Crippen LogP contribution is 2.18. The standard InChI is InChI=1S/C9H10N4O2S/c1-5-12-7(13-15-5)4-11-9(14)8-6(10)2-3-16-8/h2-3H,4,10H2,1H3,(H,11,14). The van der Waals surface area contributed by atoms with Crippen molar-refractivity contribution in [3.05, 3.63) is 28.0 Å². The molecule has 0 unspecified atom stereocenters. The molecule has 0 spiro atoms. The fraction of sp³-hybridized carbons (Fsp3) is 0.222. The largest absolute Gasteiger partial charge is 0.397 e. The lowest BCUT2D eigenvalue weighted by Gasteiger charge is -2.00. The van der Waals surface area contributed by atoms with E-state index >= 15 is 0 Å². The van der Waals surface area contributed by atoms with Crippen molar-refractivity contribution in [2.75, 3.05) is 5.73 Å². The molecule has 6 nitrogen and oxygen atoms in total. The lowest BCUT2D eigenvalue weighted by atomic mass is 10.4. The Morgan fingerprint density at radius 2 is 2.50 bits per heavy atom. The average Bonchev–Trinajstić information content (AvgIpc) is 2.84. The number of rotatable bonds is 3. The molecule has 16 heavy (non-hydrogen) atoms. The average molecular weight is 238 g/mol. The number of nitrogen functional groups attached to an aromatic ring is 1. The highest BCUT2D eigenvalue weighted by atomic mass is 32.1. The van der Waals surface area contributed by atoms with E-state index in [2.05, 4.69) is 15.5 Å². The van der Waals surface area contributed by atoms with Gasteiger partial charge in [0.2, 0.25) is 5.89 Å². The van der Waals surface area contributed by atoms with E-state index < -0.39 is 0 Å². The molecule has 84 valence electrons. The lowest BCUT2D eigenvalue weighted by Crippen LogP contribution is -2.23. The van der Waals surface area contributed by atoms with Crippen molar-refractivity contribution in [1.29, 1.82) is 0 Å². The summed E-state index contributed by atoms with van der Waals surface area (Å²) in [7, 11) is 0. The highest BCUT2D eigenvalue weighted by Gasteiger charge is 2.11. The zero-order valence-electron chi connectivity index (χ0n) is 8.56. The summed E-state index contributed by atoms with van der Waals surface area (Å²) in [5.41, 5.74) is 6.09. The summed E-state index contributed by atoms with van der Waals surface area (Å²) in [6.45, 7) is 1.92. The number of nitrogens with one attached hydrogen (secondary N) is 1. The van der Waals surface area contributed by atoms with Crippen LogP contribution in [-0.4, -0.2) is 16.0 Å². The first-order valence-electron chi connectivity index (χ1n) is 4.57. The third-order valence-corrected chi connectivity index (χ3v) is 2.81. The first-order valence-corrected chi connectivity index (χ1v) is 5.45. The third-order valence-electron chi connectivity index (χ3n) is 1.88. The van der Waals surface area contributed by atoms with Gasteiger partial charge in [-0.3, -0.25) is 4.79 Å². The van der Waals surface area contributed by atoms with E-state index in [0.29, 0.717) is 22.3 Å². The van der Waals surface area contributed by atoms with Gasteiger partial charge in [0, 0.05) is 6.92 Å². The summed E-state index contributed by atoms with van der Waals surface area (Å²) >= 11 is 1.30. The van der Waals surface area contributed by atoms with Crippen LogP contribution < -0.4 is 11.1 Å². The molecule has 0 saturated carbocycles. The van der Waals surface area contributed by atoms with Gasteiger partial charge in [-0.25, -0.2) is 0 Å². The van der Waals surface area contributed by atoms with Crippen molar-refractivity contribution >= 4 is 22.9 Å². The molecule has 3 N–H and O–H groups in total. The number of aryl methyl sites for hydroxylation is 1. The van der Waals surface area contributed by atoms with Gasteiger partial charge in [0.1, 0.15) is 4.88 Å². The van der Waals surface area contributed by atoms with Crippen LogP contribution >= 0.6 is 11.3 Å². The molecule has 2 heterocycles. The number of amides is 1. The number of nitrogens with zero attached hydrogens (tertiary/aromatic N) is 2. The van der Waals surface area contributed by atoms with Gasteiger partial charge in [0.25, 0.3) is 5.91 Å². The number of thiophene rings is 1. The van der Waals surface area contributed by atoms with E-state index in [4.69, 9.17) is 10.3 Å². The van der Waals surface area contributed by atoms with Crippen LogP contribution in [0.25, 0.3) is 0 Å². The Hall–Kier alpha value is -1.89. The van der Waals surface area contributed by atoms with Crippen molar-refractivity contribution in [2.45, 2.75) is 13.5 Å². The van der Waals surface area contributed by atoms with Crippen LogP contribution in [0.15, 0.2) is 16.0 Å². The number of anilines is 1. The van der Waals surface area contributed by atoms with Crippen LogP contribution in [0.4, 0.5) is 5.69 Å². The van der Waals surface area contributed by atoms with Gasteiger partial charge in [-0.1, -0.05) is 5.16 Å². The Balaban J connectivity index is 1.96. The predicted octanol–water partition coefficient (Wildman–Crippen LogP) is 0.952. The molecule has 2 aromatic heterocycles. The van der Waals surface area contributed by atoms with Crippen LogP contribution in [-0.2, 0) is 6.54 Å². The fourth-order valence-electron chi connectivity index (χ4n) is 1.16. The van der Waals surface area contributed by atoms with Gasteiger partial charge < -0.3 is 15.6 Å². The van der Waals surface area contributed by atoms with Gasteiger partial charge in [-0.15, -0.1) is 11.3 Å². The highest BCUT2D eigenvalue weighted by molar-refractivity contribution is 7.12. The minimum absolute atomic E-state index is 0.227. The molecule has 2 rings (SSSR count). The van der Waals surface area contributed by atoms with Gasteiger partial charge in [0.05, 0.1) is 12.2 Å². The second-order valence-corrected chi connectivity index (χ2v) is 4.03. The smallest absolute Gasteiger partial charge is 0.263 e. The summed E-state index contributed by atoms with van der Waals surface area (Å²) in [5.74, 6) is 0.691. The third kappa shape index (κ3) is 2.19. The molecular weight excluding hydrogens is 228 g/mol. The van der Waals surface area contributed by atoms with Crippen molar-refractivity contribution in [1.82, 2.24) is 15.5 Å². The van der Waals surface area contributed by atoms with E-state index in [1.165, 1.54) is 11.3 Å². The molecule has 0 atom stereocenters. The Morgan fingerprint density at radius 1 is 1.69 bits per heavy atom. The number of carbonyl (C=O) groups is 1. The minimum Gasteiger partial charge on any atom is -0.397 e. The second-order valence-electron chi connectivity index (χ2n) is 3.12. The summed E-state index contributed by atoms with van der Waals surface area (Å²) in [4.78, 5) is 16.1. The Bertz CT molecular complexity index is 505. The molecule has 0 aliphatic rings. The van der Waals surface area contributed by atoms with E-state index in [1.807, 2.05) is 0 Å². The Labute approximate surface area is 95.5 Å². The Morgan fingerprint density at radius 3 is 3.06 bits per heavy atom. The van der Waals surface area contributed by atoms with Crippen LogP contribution in [0.5, 0.6) is 0 Å². The lowest BCUT2D eigenvalue weighted by molar-refractivity contribution is 0.0954. The van der Waals surface area contributed by atoms with Crippen molar-refractivity contribution in [3.8, 4) is 0 Å². The monoisotopic (exact) mass is 238 g/mol. The minimum atomic E-state index is -0.227. The zero-order chi connectivity index (χ0) is 11.5. The van der Waals surface area contributed by atoms with E-state index in [1.54, 1.807) is 18.4 Å². The zero-order valence-corrected chi connectivity index (χ0v) is 9.37. The maximum atomic E-state index is 11.6. The molecule has 0 aliphatic heterocycles. The molecule has 7 heteroatoms. The molecule has 2 aromatic rings. The quantitative estimate of drug-likeness (QED) is 0.830. The Kier molecular flexibility index (Phi) is 2.86. The van der Waals surface area contributed by atoms with Crippen molar-refractivity contribution < 1.29 is 9.32 Å². The second kappa shape index (κ2) is 4.31. The van der Waals surface area contributed by atoms with Gasteiger partial charge >= 0.3 is 0 Å². The van der Waals surface area contributed by atoms with Crippen LogP contribution in [0.1, 0.15) is 21.4 Å². The molecule has 0 radical (unpaired) electrons. The molecule has 0 aromatic carbocycles. The van der Waals surface area contributed by atoms with E-state index in [9.17, 15) is 4.79 Å². The maximum absolute atomic E-state index is 11.6. The molecule has 0 fully saturated rings. The molecule has 0 bridgehead atoms. The van der Waals surface area contributed by atoms with Crippen LogP contribution in [0.3, 0.4) is 0 Å². The van der Waals surface area contributed by atoms with Gasteiger partial charge in [0.15, 0.2) is 5.82 Å². The van der Waals surface area contributed by atoms with Crippen molar-refractivity contribution in [3.63, 3.8) is 0 Å². The molecule has 1 amide bonds. The summed E-state index contributed by atoms with van der Waals surface area (Å²) in [6.07, 6.45) is 0. The number of aromatic nitrogens is 2. The number of nitrogens with two attached hydrogens (primary N) is 1. The summed E-state index contributed by atoms with van der Waals surface area (Å²) in [6, 6.07) is 1.69. The maximum Gasteiger partial charge on any atom is 0.263 e. The number of carbonyl (C=O) groups excluding carboxylic acids is 1. The molecular formula is C9H10N4O2S. The van der Waals surface area contributed by atoms with Crippen LogP contribution in [0, 0.1) is 6.92 Å². The number of hydrogen-bond acceptors (Lipinski definition) is 6. The predicted molar refractivity (Wildman–Crippen MR) is 58.9 cm³/mol. The number of hydrogen-bond donors (Lipinski definition) is 2. The fourth-order valence-corrected chi connectivity index (χ4v) is 1.89. The van der Waals surface area contributed by atoms with E-state index in [-0.39, 0.29) is 12.5 Å².